The van der Waals surface area contributed by atoms with Gasteiger partial charge in [0.1, 0.15) is 0 Å². The van der Waals surface area contributed by atoms with Crippen LogP contribution < -0.4 is 5.30 Å². The Labute approximate surface area is 101 Å². The van der Waals surface area contributed by atoms with E-state index in [9.17, 15) is 9.36 Å². The van der Waals surface area contributed by atoms with Gasteiger partial charge in [-0.1, -0.05) is 12.1 Å². The predicted octanol–water partition coefficient (Wildman–Crippen LogP) is 2.44. The van der Waals surface area contributed by atoms with Crippen LogP contribution in [-0.4, -0.2) is 24.3 Å². The number of carboxylic acid groups (broad SMARTS) is 1. The van der Waals surface area contributed by atoms with E-state index in [4.69, 9.17) is 9.63 Å². The maximum atomic E-state index is 12.1. The molecule has 17 heavy (non-hydrogen) atoms. The molecule has 1 N–H and O–H groups in total. The molecule has 94 valence electrons. The summed E-state index contributed by atoms with van der Waals surface area (Å²) in [6.07, 6.45) is 0. The van der Waals surface area contributed by atoms with Crippen molar-refractivity contribution in [2.45, 2.75) is 19.8 Å². The van der Waals surface area contributed by atoms with Crippen molar-refractivity contribution in [3.8, 4) is 0 Å². The van der Waals surface area contributed by atoms with E-state index in [2.05, 4.69) is 0 Å². The maximum Gasteiger partial charge on any atom is 0.310 e. The molecular weight excluding hydrogens is 239 g/mol. The van der Waals surface area contributed by atoms with Crippen LogP contribution in [0.3, 0.4) is 0 Å². The van der Waals surface area contributed by atoms with E-state index in [1.165, 1.54) is 0 Å². The Morgan fingerprint density at radius 2 is 1.94 bits per heavy atom. The van der Waals surface area contributed by atoms with Gasteiger partial charge in [0.2, 0.25) is 7.37 Å². The van der Waals surface area contributed by atoms with Crippen LogP contribution in [0.1, 0.15) is 25.3 Å². The molecule has 0 aliphatic rings. The Balaban J connectivity index is 2.96. The fourth-order valence-electron chi connectivity index (χ4n) is 1.50. The Morgan fingerprint density at radius 3 is 2.35 bits per heavy atom. The molecule has 0 saturated heterocycles. The molecule has 1 aromatic rings. The lowest BCUT2D eigenvalue weighted by Gasteiger charge is -2.14. The van der Waals surface area contributed by atoms with Gasteiger partial charge in [-0.05, 0) is 31.5 Å². The summed E-state index contributed by atoms with van der Waals surface area (Å²) in [7, 11) is -2.77. The number of carboxylic acids is 1. The quantitative estimate of drug-likeness (QED) is 0.822. The van der Waals surface area contributed by atoms with Crippen LogP contribution in [0.15, 0.2) is 24.3 Å². The summed E-state index contributed by atoms with van der Waals surface area (Å²) in [5, 5.41) is 9.48. The summed E-state index contributed by atoms with van der Waals surface area (Å²) >= 11 is 0. The first kappa shape index (κ1) is 13.9. The normalized spacial score (nSPS) is 16.2. The van der Waals surface area contributed by atoms with E-state index in [1.54, 1.807) is 44.8 Å². The second kappa shape index (κ2) is 5.48. The second-order valence-corrected chi connectivity index (χ2v) is 6.38. The third-order valence-corrected chi connectivity index (χ3v) is 4.60. The fourth-order valence-corrected chi connectivity index (χ4v) is 2.83. The highest BCUT2D eigenvalue weighted by Gasteiger charge is 2.19. The van der Waals surface area contributed by atoms with Crippen LogP contribution in [0.4, 0.5) is 0 Å². The van der Waals surface area contributed by atoms with Crippen LogP contribution in [-0.2, 0) is 13.9 Å². The smallest absolute Gasteiger partial charge is 0.310 e. The van der Waals surface area contributed by atoms with Gasteiger partial charge >= 0.3 is 5.97 Å². The fraction of sp³-hybridized carbons (Fsp3) is 0.417. The van der Waals surface area contributed by atoms with E-state index in [0.717, 1.165) is 0 Å². The van der Waals surface area contributed by atoms with Crippen molar-refractivity contribution in [1.82, 2.24) is 0 Å². The van der Waals surface area contributed by atoms with E-state index >= 15 is 0 Å². The second-order valence-electron chi connectivity index (χ2n) is 3.92. The van der Waals surface area contributed by atoms with E-state index in [1.807, 2.05) is 0 Å². The first-order valence-electron chi connectivity index (χ1n) is 5.44. The van der Waals surface area contributed by atoms with Crippen molar-refractivity contribution in [1.29, 1.82) is 0 Å². The number of carbonyl (C=O) groups is 1. The standard InChI is InChI=1S/C12H17O4P/c1-4-16-17(3,15)11-7-5-10(6-8-11)9(2)12(13)14/h5-9H,4H2,1-3H3,(H,13,14). The van der Waals surface area contributed by atoms with Gasteiger partial charge in [0.05, 0.1) is 12.5 Å². The van der Waals surface area contributed by atoms with Crippen molar-refractivity contribution in [2.24, 2.45) is 0 Å². The maximum absolute atomic E-state index is 12.1. The lowest BCUT2D eigenvalue weighted by molar-refractivity contribution is -0.138. The molecule has 0 saturated carbocycles. The summed E-state index contributed by atoms with van der Waals surface area (Å²) in [5.74, 6) is -1.44. The average Bonchev–Trinajstić information content (AvgIpc) is 2.28. The van der Waals surface area contributed by atoms with Crippen LogP contribution in [0.2, 0.25) is 0 Å². The number of hydrogen-bond acceptors (Lipinski definition) is 3. The monoisotopic (exact) mass is 256 g/mol. The zero-order chi connectivity index (χ0) is 13.1. The van der Waals surface area contributed by atoms with Gasteiger partial charge in [0.15, 0.2) is 0 Å². The number of aliphatic carboxylic acids is 1. The molecule has 2 unspecified atom stereocenters. The molecule has 0 radical (unpaired) electrons. The molecule has 2 atom stereocenters. The van der Waals surface area contributed by atoms with Crippen molar-refractivity contribution in [3.05, 3.63) is 29.8 Å². The minimum atomic E-state index is -2.77. The molecule has 5 heteroatoms. The molecule has 0 amide bonds. The number of benzene rings is 1. The summed E-state index contributed by atoms with van der Waals surface area (Å²) in [6.45, 7) is 5.36. The van der Waals surface area contributed by atoms with Crippen LogP contribution >= 0.6 is 7.37 Å². The minimum absolute atomic E-state index is 0.390. The van der Waals surface area contributed by atoms with Crippen molar-refractivity contribution >= 4 is 18.6 Å². The molecule has 0 aromatic heterocycles. The highest BCUT2D eigenvalue weighted by atomic mass is 31.2. The van der Waals surface area contributed by atoms with Gasteiger partial charge in [0, 0.05) is 12.0 Å². The molecule has 0 aliphatic carbocycles. The van der Waals surface area contributed by atoms with Crippen molar-refractivity contribution in [3.63, 3.8) is 0 Å². The number of hydrogen-bond donors (Lipinski definition) is 1. The van der Waals surface area contributed by atoms with Crippen LogP contribution in [0.5, 0.6) is 0 Å². The summed E-state index contributed by atoms with van der Waals surface area (Å²) in [6, 6.07) is 6.71. The first-order chi connectivity index (χ1) is 7.88. The van der Waals surface area contributed by atoms with E-state index in [0.29, 0.717) is 17.5 Å². The summed E-state index contributed by atoms with van der Waals surface area (Å²) in [5.41, 5.74) is 0.692. The van der Waals surface area contributed by atoms with Crippen LogP contribution in [0.25, 0.3) is 0 Å². The molecule has 1 aromatic carbocycles. The van der Waals surface area contributed by atoms with Crippen molar-refractivity contribution in [2.75, 3.05) is 13.3 Å². The highest BCUT2D eigenvalue weighted by Crippen LogP contribution is 2.41. The lowest BCUT2D eigenvalue weighted by atomic mass is 10.0. The van der Waals surface area contributed by atoms with Crippen molar-refractivity contribution < 1.29 is 19.0 Å². The van der Waals surface area contributed by atoms with Gasteiger partial charge in [-0.25, -0.2) is 0 Å². The van der Waals surface area contributed by atoms with Crippen LogP contribution in [0, 0.1) is 0 Å². The summed E-state index contributed by atoms with van der Waals surface area (Å²) in [4.78, 5) is 10.8. The van der Waals surface area contributed by atoms with E-state index < -0.39 is 19.3 Å². The summed E-state index contributed by atoms with van der Waals surface area (Å²) < 4.78 is 17.3. The highest BCUT2D eigenvalue weighted by molar-refractivity contribution is 7.66. The zero-order valence-corrected chi connectivity index (χ0v) is 11.1. The Morgan fingerprint density at radius 1 is 1.41 bits per heavy atom. The first-order valence-corrected chi connectivity index (χ1v) is 7.51. The molecule has 1 rings (SSSR count). The van der Waals surface area contributed by atoms with Gasteiger partial charge in [-0.2, -0.15) is 0 Å². The third kappa shape index (κ3) is 3.42. The van der Waals surface area contributed by atoms with Gasteiger partial charge in [0.25, 0.3) is 0 Å². The molecule has 0 heterocycles. The topological polar surface area (TPSA) is 63.6 Å². The van der Waals surface area contributed by atoms with Gasteiger partial charge in [-0.3, -0.25) is 9.36 Å². The Hall–Kier alpha value is -1.12. The van der Waals surface area contributed by atoms with Gasteiger partial charge < -0.3 is 9.63 Å². The predicted molar refractivity (Wildman–Crippen MR) is 67.3 cm³/mol. The Kier molecular flexibility index (Phi) is 4.49. The minimum Gasteiger partial charge on any atom is -0.481 e. The zero-order valence-electron chi connectivity index (χ0n) is 10.2. The lowest BCUT2D eigenvalue weighted by Crippen LogP contribution is -2.10. The molecule has 4 nitrogen and oxygen atoms in total. The Bertz CT molecular complexity index is 438. The molecule has 0 aliphatic heterocycles. The SMILES string of the molecule is CCOP(C)(=O)c1ccc(C(C)C(=O)O)cc1. The third-order valence-electron chi connectivity index (χ3n) is 2.61. The molecule has 0 spiro atoms. The largest absolute Gasteiger partial charge is 0.481 e. The number of rotatable bonds is 5. The molecule has 0 fully saturated rings. The van der Waals surface area contributed by atoms with Gasteiger partial charge in [-0.15, -0.1) is 0 Å². The average molecular weight is 256 g/mol. The molecule has 0 bridgehead atoms. The molecular formula is C12H17O4P. The van der Waals surface area contributed by atoms with E-state index in [-0.39, 0.29) is 0 Å².